The van der Waals surface area contributed by atoms with Crippen LogP contribution in [0.15, 0.2) is 24.3 Å². The summed E-state index contributed by atoms with van der Waals surface area (Å²) in [5, 5.41) is 0. The number of ether oxygens (including phenoxy) is 1. The zero-order valence-corrected chi connectivity index (χ0v) is 8.16. The van der Waals surface area contributed by atoms with Crippen LogP contribution in [0.3, 0.4) is 0 Å². The first-order chi connectivity index (χ1) is 6.29. The molecule has 0 radical (unpaired) electrons. The molecule has 13 heavy (non-hydrogen) atoms. The Morgan fingerprint density at radius 3 is 2.77 bits per heavy atom. The van der Waals surface area contributed by atoms with Crippen molar-refractivity contribution in [1.82, 2.24) is 0 Å². The van der Waals surface area contributed by atoms with Gasteiger partial charge in [0.15, 0.2) is 0 Å². The minimum absolute atomic E-state index is 0.431. The van der Waals surface area contributed by atoms with E-state index in [9.17, 15) is 0 Å². The van der Waals surface area contributed by atoms with Gasteiger partial charge in [-0.15, -0.1) is 0 Å². The highest BCUT2D eigenvalue weighted by Gasteiger charge is 2.26. The summed E-state index contributed by atoms with van der Waals surface area (Å²) in [4.78, 5) is 2.33. The predicted octanol–water partition coefficient (Wildman–Crippen LogP) is 1.83. The third-order valence-corrected chi connectivity index (χ3v) is 2.55. The molecular formula is C11H15NO. The summed E-state index contributed by atoms with van der Waals surface area (Å²) in [6.45, 7) is 4.18. The van der Waals surface area contributed by atoms with E-state index in [0.717, 1.165) is 13.1 Å². The molecule has 1 aliphatic heterocycles. The van der Waals surface area contributed by atoms with Crippen molar-refractivity contribution in [3.63, 3.8) is 0 Å². The highest BCUT2D eigenvalue weighted by Crippen LogP contribution is 2.22. The van der Waals surface area contributed by atoms with Crippen LogP contribution in [0, 0.1) is 6.92 Å². The summed E-state index contributed by atoms with van der Waals surface area (Å²) in [5.41, 5.74) is 2.63. The van der Waals surface area contributed by atoms with E-state index in [0.29, 0.717) is 6.10 Å². The molecular weight excluding hydrogens is 162 g/mol. The number of anilines is 1. The number of benzene rings is 1. The van der Waals surface area contributed by atoms with Gasteiger partial charge in [-0.2, -0.15) is 0 Å². The molecule has 70 valence electrons. The monoisotopic (exact) mass is 177 g/mol. The van der Waals surface area contributed by atoms with Gasteiger partial charge in [0.2, 0.25) is 0 Å². The summed E-state index contributed by atoms with van der Waals surface area (Å²) in [6, 6.07) is 8.59. The zero-order valence-electron chi connectivity index (χ0n) is 8.16. The Morgan fingerprint density at radius 1 is 1.38 bits per heavy atom. The number of aryl methyl sites for hydroxylation is 1. The average molecular weight is 177 g/mol. The van der Waals surface area contributed by atoms with Gasteiger partial charge in [-0.05, 0) is 24.6 Å². The normalized spacial score (nSPS) is 17.2. The molecule has 1 aromatic rings. The van der Waals surface area contributed by atoms with Crippen molar-refractivity contribution < 1.29 is 4.74 Å². The molecule has 0 spiro atoms. The Kier molecular flexibility index (Phi) is 2.23. The first-order valence-electron chi connectivity index (χ1n) is 4.64. The molecule has 1 aliphatic rings. The lowest BCUT2D eigenvalue weighted by molar-refractivity contribution is 0.0787. The lowest BCUT2D eigenvalue weighted by atomic mass is 10.1. The van der Waals surface area contributed by atoms with E-state index in [1.165, 1.54) is 11.3 Å². The van der Waals surface area contributed by atoms with Gasteiger partial charge < -0.3 is 9.64 Å². The summed E-state index contributed by atoms with van der Waals surface area (Å²) >= 11 is 0. The first-order valence-corrected chi connectivity index (χ1v) is 4.64. The summed E-state index contributed by atoms with van der Waals surface area (Å²) in [7, 11) is 1.78. The van der Waals surface area contributed by atoms with Gasteiger partial charge >= 0.3 is 0 Å². The zero-order chi connectivity index (χ0) is 9.26. The van der Waals surface area contributed by atoms with Crippen LogP contribution in [-0.2, 0) is 4.74 Å². The molecule has 1 saturated heterocycles. The Labute approximate surface area is 79.1 Å². The maximum absolute atomic E-state index is 5.23. The van der Waals surface area contributed by atoms with E-state index in [1.807, 2.05) is 0 Å². The molecule has 0 atom stereocenters. The van der Waals surface area contributed by atoms with Crippen LogP contribution >= 0.6 is 0 Å². The lowest BCUT2D eigenvalue weighted by Crippen LogP contribution is -2.51. The van der Waals surface area contributed by atoms with E-state index in [1.54, 1.807) is 7.11 Å². The van der Waals surface area contributed by atoms with Crippen molar-refractivity contribution in [3.8, 4) is 0 Å². The summed E-state index contributed by atoms with van der Waals surface area (Å²) in [5.74, 6) is 0. The maximum Gasteiger partial charge on any atom is 0.0920 e. The molecule has 0 aliphatic carbocycles. The fourth-order valence-electron chi connectivity index (χ4n) is 1.62. The second kappa shape index (κ2) is 3.38. The van der Waals surface area contributed by atoms with Gasteiger partial charge in [-0.1, -0.05) is 12.1 Å². The summed E-state index contributed by atoms with van der Waals surface area (Å²) in [6.07, 6.45) is 0.431. The van der Waals surface area contributed by atoms with Crippen molar-refractivity contribution >= 4 is 5.69 Å². The van der Waals surface area contributed by atoms with E-state index in [2.05, 4.69) is 36.1 Å². The molecule has 0 N–H and O–H groups in total. The van der Waals surface area contributed by atoms with Crippen molar-refractivity contribution in [2.45, 2.75) is 13.0 Å². The molecule has 0 saturated carbocycles. The Morgan fingerprint density at radius 2 is 2.15 bits per heavy atom. The predicted molar refractivity (Wildman–Crippen MR) is 54.2 cm³/mol. The lowest BCUT2D eigenvalue weighted by Gasteiger charge is -2.40. The van der Waals surface area contributed by atoms with Crippen molar-refractivity contribution in [1.29, 1.82) is 0 Å². The fourth-order valence-corrected chi connectivity index (χ4v) is 1.62. The molecule has 2 heteroatoms. The van der Waals surface area contributed by atoms with Crippen LogP contribution in [-0.4, -0.2) is 26.3 Å². The molecule has 1 heterocycles. The van der Waals surface area contributed by atoms with Gasteiger partial charge in [-0.3, -0.25) is 0 Å². The largest absolute Gasteiger partial charge is 0.378 e. The second-order valence-electron chi connectivity index (χ2n) is 3.60. The fraction of sp³-hybridized carbons (Fsp3) is 0.455. The number of rotatable bonds is 2. The molecule has 1 fully saturated rings. The number of methoxy groups -OCH3 is 1. The quantitative estimate of drug-likeness (QED) is 0.683. The topological polar surface area (TPSA) is 12.5 Å². The van der Waals surface area contributed by atoms with Gasteiger partial charge in [0.1, 0.15) is 0 Å². The van der Waals surface area contributed by atoms with E-state index < -0.39 is 0 Å². The molecule has 0 aromatic heterocycles. The van der Waals surface area contributed by atoms with Gasteiger partial charge in [0.05, 0.1) is 6.10 Å². The van der Waals surface area contributed by atoms with Crippen LogP contribution in [0.1, 0.15) is 5.56 Å². The summed E-state index contributed by atoms with van der Waals surface area (Å²) < 4.78 is 5.23. The number of nitrogens with zero attached hydrogens (tertiary/aromatic N) is 1. The Hall–Kier alpha value is -1.02. The van der Waals surface area contributed by atoms with Crippen LogP contribution in [0.25, 0.3) is 0 Å². The SMILES string of the molecule is COC1CN(c2cccc(C)c2)C1. The number of hydrogen-bond acceptors (Lipinski definition) is 2. The Bertz CT molecular complexity index is 292. The third kappa shape index (κ3) is 1.68. The van der Waals surface area contributed by atoms with Crippen LogP contribution in [0.5, 0.6) is 0 Å². The van der Waals surface area contributed by atoms with E-state index >= 15 is 0 Å². The van der Waals surface area contributed by atoms with Crippen LogP contribution in [0.4, 0.5) is 5.69 Å². The van der Waals surface area contributed by atoms with Crippen molar-refractivity contribution in [2.24, 2.45) is 0 Å². The second-order valence-corrected chi connectivity index (χ2v) is 3.60. The first kappa shape index (κ1) is 8.57. The van der Waals surface area contributed by atoms with Gasteiger partial charge in [0.25, 0.3) is 0 Å². The van der Waals surface area contributed by atoms with E-state index in [-0.39, 0.29) is 0 Å². The van der Waals surface area contributed by atoms with Crippen LogP contribution in [0.2, 0.25) is 0 Å². The minimum atomic E-state index is 0.431. The highest BCUT2D eigenvalue weighted by atomic mass is 16.5. The molecule has 0 amide bonds. The standard InChI is InChI=1S/C11H15NO/c1-9-4-3-5-10(6-9)12-7-11(8-12)13-2/h3-6,11H,7-8H2,1-2H3. The molecule has 1 aromatic carbocycles. The van der Waals surface area contributed by atoms with Crippen molar-refractivity contribution in [3.05, 3.63) is 29.8 Å². The number of hydrogen-bond donors (Lipinski definition) is 0. The molecule has 0 bridgehead atoms. The average Bonchev–Trinajstić information content (AvgIpc) is 2.02. The van der Waals surface area contributed by atoms with Gasteiger partial charge in [-0.25, -0.2) is 0 Å². The van der Waals surface area contributed by atoms with Gasteiger partial charge in [0, 0.05) is 25.9 Å². The highest BCUT2D eigenvalue weighted by molar-refractivity contribution is 5.50. The van der Waals surface area contributed by atoms with Crippen LogP contribution < -0.4 is 4.90 Å². The minimum Gasteiger partial charge on any atom is -0.378 e. The van der Waals surface area contributed by atoms with E-state index in [4.69, 9.17) is 4.74 Å². The Balaban J connectivity index is 2.03. The smallest absolute Gasteiger partial charge is 0.0920 e. The molecule has 2 rings (SSSR count). The third-order valence-electron chi connectivity index (χ3n) is 2.55. The molecule has 0 unspecified atom stereocenters. The maximum atomic E-state index is 5.23. The molecule has 2 nitrogen and oxygen atoms in total. The van der Waals surface area contributed by atoms with Crippen molar-refractivity contribution in [2.75, 3.05) is 25.1 Å².